The first-order chi connectivity index (χ1) is 35.7. The Balaban J connectivity index is 1.20. The van der Waals surface area contributed by atoms with Crippen molar-refractivity contribution in [2.24, 2.45) is 0 Å². The lowest BCUT2D eigenvalue weighted by molar-refractivity contribution is 0.483. The maximum atomic E-state index is 9.41. The number of pyridine rings is 1. The van der Waals surface area contributed by atoms with E-state index >= 15 is 0 Å². The van der Waals surface area contributed by atoms with E-state index in [2.05, 4.69) is 206 Å². The third kappa shape index (κ3) is 7.76. The Morgan fingerprint density at radius 1 is 0.465 bits per heavy atom. The van der Waals surface area contributed by atoms with E-state index in [9.17, 15) is 2.74 Å². The summed E-state index contributed by atoms with van der Waals surface area (Å²) >= 11 is 0. The van der Waals surface area contributed by atoms with Crippen LogP contribution in [0.15, 0.2) is 188 Å². The largest absolute Gasteiger partial charge is 0.457 e. The summed E-state index contributed by atoms with van der Waals surface area (Å²) in [6, 6.07) is 57.5. The van der Waals surface area contributed by atoms with Gasteiger partial charge in [0, 0.05) is 45.3 Å². The average molecular weight is 929 g/mol. The summed E-state index contributed by atoms with van der Waals surface area (Å²) in [7, 11) is 0. The molecule has 0 fully saturated rings. The van der Waals surface area contributed by atoms with E-state index in [-0.39, 0.29) is 40.4 Å². The number of rotatable bonds is 1. The molecule has 8 aromatic carbocycles. The first-order valence-corrected chi connectivity index (χ1v) is 24.7. The summed E-state index contributed by atoms with van der Waals surface area (Å²) in [6.07, 6.45) is 0. The van der Waals surface area contributed by atoms with E-state index in [1.807, 2.05) is 34.9 Å². The van der Waals surface area contributed by atoms with E-state index in [1.165, 1.54) is 11.1 Å². The molecule has 0 radical (unpaired) electrons. The van der Waals surface area contributed by atoms with E-state index < -0.39 is 0 Å². The van der Waals surface area contributed by atoms with E-state index in [4.69, 9.17) is 12.5 Å². The molecule has 5 nitrogen and oxygen atoms in total. The zero-order chi connectivity index (χ0) is 52.5. The Morgan fingerprint density at radius 3 is 1.87 bits per heavy atom. The fourth-order valence-electron chi connectivity index (χ4n) is 10.4. The summed E-state index contributed by atoms with van der Waals surface area (Å²) in [5.41, 5.74) is 16.5. The number of ether oxygens (including phenoxy) is 1. The lowest BCUT2D eigenvalue weighted by Crippen LogP contribution is -2.25. The molecule has 0 amide bonds. The first-order valence-electron chi connectivity index (χ1n) is 26.7. The van der Waals surface area contributed by atoms with Crippen LogP contribution in [-0.4, -0.2) is 16.2 Å². The van der Waals surface area contributed by atoms with Crippen LogP contribution in [0.25, 0.3) is 72.3 Å². The summed E-state index contributed by atoms with van der Waals surface area (Å²) < 4.78 is 45.1. The van der Waals surface area contributed by atoms with E-state index in [1.54, 1.807) is 0 Å². The van der Waals surface area contributed by atoms with Crippen LogP contribution in [0.3, 0.4) is 0 Å². The molecule has 0 N–H and O–H groups in total. The predicted molar refractivity (Wildman–Crippen MR) is 299 cm³/mol. The molecule has 0 aliphatic carbocycles. The number of hydrogen-bond donors (Lipinski definition) is 0. The fraction of sp³-hybridized carbons (Fsp3) is 0.197. The lowest BCUT2D eigenvalue weighted by atomic mass is 9.80. The number of para-hydroxylation sites is 3. The summed E-state index contributed by atoms with van der Waals surface area (Å²) in [4.78, 5) is 10.3. The van der Waals surface area contributed by atoms with Gasteiger partial charge in [0.05, 0.1) is 39.3 Å². The van der Waals surface area contributed by atoms with Crippen LogP contribution >= 0.6 is 0 Å². The minimum absolute atomic E-state index is 0.0684. The molecule has 10 bridgehead atoms. The predicted octanol–water partition coefficient (Wildman–Crippen LogP) is 18.1. The van der Waals surface area contributed by atoms with Gasteiger partial charge in [-0.15, -0.1) is 0 Å². The first kappa shape index (κ1) is 39.9. The lowest BCUT2D eigenvalue weighted by Gasteiger charge is -2.31. The number of aromatic nitrogens is 2. The molecule has 0 unspecified atom stereocenters. The zero-order valence-corrected chi connectivity index (χ0v) is 42.0. The van der Waals surface area contributed by atoms with Crippen LogP contribution in [0.2, 0.25) is 0 Å². The molecule has 12 rings (SSSR count). The topological polar surface area (TPSA) is 33.5 Å². The zero-order valence-electron chi connectivity index (χ0n) is 46.0. The van der Waals surface area contributed by atoms with Gasteiger partial charge >= 0.3 is 0 Å². The quantitative estimate of drug-likeness (QED) is 0.164. The normalized spacial score (nSPS) is 14.2. The Hall–Kier alpha value is -7.89. The molecular weight excluding hydrogens is 865 g/mol. The molecule has 71 heavy (non-hydrogen) atoms. The SMILES string of the molecule is [2H]c1c([2H])c([2H])c2c(c1[2H])c1ccc3cc1n2-c1cc(C(C)(C)C)cc(n1)-c1cccc(c1)-c1ccccc1-c1cc(C(C)(C)C)cc(-c2cccc(C(C)(C)C)c2)c1N1CN(c2cccc(c2)O3)c2ccccc21. The highest BCUT2D eigenvalue weighted by atomic mass is 16.5. The molecule has 0 atom stereocenters. The van der Waals surface area contributed by atoms with E-state index in [0.29, 0.717) is 45.8 Å². The number of hydrogen-bond acceptors (Lipinski definition) is 4. The molecule has 350 valence electrons. The summed E-state index contributed by atoms with van der Waals surface area (Å²) in [5, 5.41) is 1.10. The van der Waals surface area contributed by atoms with Crippen molar-refractivity contribution in [2.45, 2.75) is 78.6 Å². The molecule has 10 aromatic rings. The second kappa shape index (κ2) is 16.3. The summed E-state index contributed by atoms with van der Waals surface area (Å²) in [5.74, 6) is 1.73. The summed E-state index contributed by atoms with van der Waals surface area (Å²) in [6.45, 7) is 20.8. The van der Waals surface area contributed by atoms with Crippen molar-refractivity contribution in [1.82, 2.24) is 9.55 Å². The third-order valence-electron chi connectivity index (χ3n) is 14.4. The highest BCUT2D eigenvalue weighted by molar-refractivity contribution is 6.09. The maximum Gasteiger partial charge on any atom is 0.138 e. The van der Waals surface area contributed by atoms with Gasteiger partial charge in [-0.25, -0.2) is 4.98 Å². The second-order valence-corrected chi connectivity index (χ2v) is 22.3. The molecule has 2 aliphatic rings. The van der Waals surface area contributed by atoms with Gasteiger partial charge in [0.2, 0.25) is 0 Å². The minimum Gasteiger partial charge on any atom is -0.457 e. The number of benzene rings is 8. The third-order valence-corrected chi connectivity index (χ3v) is 14.4. The van der Waals surface area contributed by atoms with Gasteiger partial charge in [-0.1, -0.05) is 165 Å². The molecular formula is C66H60N4O. The molecule has 0 saturated carbocycles. The number of fused-ring (bicyclic) bond motifs is 23. The van der Waals surface area contributed by atoms with Crippen LogP contribution in [0.1, 0.15) is 84.5 Å². The Morgan fingerprint density at radius 2 is 1.10 bits per heavy atom. The van der Waals surface area contributed by atoms with Gasteiger partial charge in [0.15, 0.2) is 0 Å². The highest BCUT2D eigenvalue weighted by Gasteiger charge is 2.34. The second-order valence-electron chi connectivity index (χ2n) is 22.3. The molecule has 0 saturated heterocycles. The Bertz CT molecular complexity index is 3980. The molecule has 4 heterocycles. The van der Waals surface area contributed by atoms with Crippen LogP contribution in [0.4, 0.5) is 22.7 Å². The van der Waals surface area contributed by atoms with Crippen LogP contribution < -0.4 is 14.5 Å². The van der Waals surface area contributed by atoms with Crippen molar-refractivity contribution >= 4 is 44.6 Å². The van der Waals surface area contributed by atoms with Gasteiger partial charge < -0.3 is 14.5 Å². The van der Waals surface area contributed by atoms with Gasteiger partial charge in [0.25, 0.3) is 0 Å². The van der Waals surface area contributed by atoms with Crippen LogP contribution in [-0.2, 0) is 16.2 Å². The van der Waals surface area contributed by atoms with E-state index in [0.717, 1.165) is 73.0 Å². The molecule has 5 heteroatoms. The number of nitrogens with zero attached hydrogens (tertiary/aromatic N) is 4. The van der Waals surface area contributed by atoms with Crippen molar-refractivity contribution < 1.29 is 10.2 Å². The van der Waals surface area contributed by atoms with Crippen molar-refractivity contribution in [2.75, 3.05) is 16.5 Å². The van der Waals surface area contributed by atoms with Crippen molar-refractivity contribution in [1.29, 1.82) is 0 Å². The van der Waals surface area contributed by atoms with Gasteiger partial charge in [-0.3, -0.25) is 4.57 Å². The fourth-order valence-corrected chi connectivity index (χ4v) is 10.4. The average Bonchev–Trinajstić information content (AvgIpc) is 3.96. The van der Waals surface area contributed by atoms with Crippen molar-refractivity contribution in [3.05, 3.63) is 205 Å². The standard InChI is InChI=1S/C66H60N4O/c1-64(2,3)45-22-17-20-43(34-45)55-35-46(65(4,5)6)36-56-52-26-11-10-25-51(52)42-19-16-21-44(33-42)57-37-47(66(7,8)9)38-62(67-57)70-58-28-13-12-27-53(58)54-32-31-50(40-61(54)70)71-49-24-18-23-48(39-49)68-41-69(63(55)56)60-30-15-14-29-59(60)68/h10-40H,41H2,1-9H3/i12D,13D,27D,28D. The molecule has 2 aromatic heterocycles. The molecule has 2 aliphatic heterocycles. The van der Waals surface area contributed by atoms with Crippen LogP contribution in [0.5, 0.6) is 11.5 Å². The molecule has 0 spiro atoms. The smallest absolute Gasteiger partial charge is 0.138 e. The van der Waals surface area contributed by atoms with Crippen LogP contribution in [0, 0.1) is 0 Å². The van der Waals surface area contributed by atoms with Crippen molar-refractivity contribution in [3.8, 4) is 62.0 Å². The van der Waals surface area contributed by atoms with Crippen molar-refractivity contribution in [3.63, 3.8) is 0 Å². The highest BCUT2D eigenvalue weighted by Crippen LogP contribution is 2.53. The maximum absolute atomic E-state index is 9.41. The Kier molecular flexibility index (Phi) is 9.19. The van der Waals surface area contributed by atoms with Gasteiger partial charge in [-0.05, 0) is 128 Å². The van der Waals surface area contributed by atoms with Gasteiger partial charge in [0.1, 0.15) is 24.0 Å². The minimum atomic E-state index is -0.317. The Labute approximate surface area is 424 Å². The monoisotopic (exact) mass is 929 g/mol. The van der Waals surface area contributed by atoms with Gasteiger partial charge in [-0.2, -0.15) is 0 Å². The number of anilines is 4.